The van der Waals surface area contributed by atoms with Crippen LogP contribution in [0.15, 0.2) is 18.2 Å². The van der Waals surface area contributed by atoms with Crippen LogP contribution in [-0.2, 0) is 0 Å². The fraction of sp³-hybridized carbons (Fsp3) is 0.731. The zero-order valence-electron chi connectivity index (χ0n) is 21.4. The summed E-state index contributed by atoms with van der Waals surface area (Å²) in [7, 11) is 1.45. The van der Waals surface area contributed by atoms with Crippen molar-refractivity contribution in [2.75, 3.05) is 33.4 Å². The Balaban J connectivity index is 2.86. The van der Waals surface area contributed by atoms with Crippen LogP contribution in [0.3, 0.4) is 0 Å². The van der Waals surface area contributed by atoms with E-state index in [1.165, 1.54) is 11.9 Å². The lowest BCUT2D eigenvalue weighted by Gasteiger charge is -2.28. The average molecular weight is 500 g/mol. The maximum absolute atomic E-state index is 13.0. The van der Waals surface area contributed by atoms with E-state index in [1.807, 2.05) is 0 Å². The number of aliphatic hydroxyl groups excluding tert-OH is 5. The first-order valence-electron chi connectivity index (χ1n) is 12.7. The number of aliphatic hydroxyl groups is 5. The van der Waals surface area contributed by atoms with Crippen molar-refractivity contribution in [3.63, 3.8) is 0 Å². The van der Waals surface area contributed by atoms with E-state index in [4.69, 9.17) is 14.6 Å². The van der Waals surface area contributed by atoms with Gasteiger partial charge in [0, 0.05) is 19.2 Å². The predicted molar refractivity (Wildman–Crippen MR) is 134 cm³/mol. The number of benzene rings is 1. The van der Waals surface area contributed by atoms with E-state index >= 15 is 0 Å². The minimum absolute atomic E-state index is 0.294. The van der Waals surface area contributed by atoms with Crippen molar-refractivity contribution in [1.29, 1.82) is 0 Å². The second-order valence-corrected chi connectivity index (χ2v) is 8.96. The van der Waals surface area contributed by atoms with Crippen LogP contribution in [0.25, 0.3) is 0 Å². The Hall–Kier alpha value is -1.91. The second-order valence-electron chi connectivity index (χ2n) is 8.96. The number of likely N-dealkylation sites (N-methyl/N-ethyl adjacent to an activating group) is 1. The van der Waals surface area contributed by atoms with E-state index in [9.17, 15) is 25.2 Å². The molecule has 0 heterocycles. The van der Waals surface area contributed by atoms with Crippen molar-refractivity contribution in [1.82, 2.24) is 4.90 Å². The van der Waals surface area contributed by atoms with Crippen LogP contribution in [0.5, 0.6) is 11.5 Å². The molecule has 0 bridgehead atoms. The normalized spacial score (nSPS) is 14.7. The molecular formula is C26H45NO8. The van der Waals surface area contributed by atoms with Crippen molar-refractivity contribution >= 4 is 5.91 Å². The molecule has 0 fully saturated rings. The van der Waals surface area contributed by atoms with Crippen molar-refractivity contribution in [3.05, 3.63) is 23.8 Å². The number of unbranched alkanes of at least 4 members (excludes halogenated alkanes) is 6. The van der Waals surface area contributed by atoms with Crippen LogP contribution in [0, 0.1) is 0 Å². The van der Waals surface area contributed by atoms with Gasteiger partial charge in [-0.1, -0.05) is 52.4 Å². The molecule has 4 atom stereocenters. The highest BCUT2D eigenvalue weighted by molar-refractivity contribution is 5.94. The molecule has 0 spiro atoms. The largest absolute Gasteiger partial charge is 0.490 e. The maximum Gasteiger partial charge on any atom is 0.253 e. The zero-order valence-corrected chi connectivity index (χ0v) is 21.4. The Labute approximate surface area is 209 Å². The molecular weight excluding hydrogens is 454 g/mol. The third-order valence-corrected chi connectivity index (χ3v) is 5.83. The van der Waals surface area contributed by atoms with Gasteiger partial charge in [-0.3, -0.25) is 4.79 Å². The molecule has 0 saturated heterocycles. The van der Waals surface area contributed by atoms with Crippen LogP contribution in [0.2, 0.25) is 0 Å². The van der Waals surface area contributed by atoms with Crippen LogP contribution < -0.4 is 9.47 Å². The van der Waals surface area contributed by atoms with Crippen LogP contribution in [-0.4, -0.2) is 94.2 Å². The summed E-state index contributed by atoms with van der Waals surface area (Å²) in [6.45, 7) is 4.30. The number of amides is 1. The van der Waals surface area contributed by atoms with Crippen molar-refractivity contribution in [2.45, 2.75) is 89.6 Å². The Bertz CT molecular complexity index is 717. The first-order valence-corrected chi connectivity index (χ1v) is 12.7. The van der Waals surface area contributed by atoms with Gasteiger partial charge in [0.25, 0.3) is 5.91 Å². The average Bonchev–Trinajstić information content (AvgIpc) is 2.86. The summed E-state index contributed by atoms with van der Waals surface area (Å²) in [5, 5.41) is 48.4. The fourth-order valence-electron chi connectivity index (χ4n) is 3.55. The Morgan fingerprint density at radius 1 is 0.829 bits per heavy atom. The number of rotatable bonds is 19. The number of hydrogen-bond acceptors (Lipinski definition) is 8. The molecule has 35 heavy (non-hydrogen) atoms. The van der Waals surface area contributed by atoms with Crippen molar-refractivity contribution in [3.8, 4) is 11.5 Å². The summed E-state index contributed by atoms with van der Waals surface area (Å²) in [6.07, 6.45) is 1.91. The third-order valence-electron chi connectivity index (χ3n) is 5.83. The fourth-order valence-corrected chi connectivity index (χ4v) is 3.55. The molecule has 1 aromatic carbocycles. The first-order chi connectivity index (χ1) is 16.8. The maximum atomic E-state index is 13.0. The van der Waals surface area contributed by atoms with Gasteiger partial charge in [0.2, 0.25) is 0 Å². The van der Waals surface area contributed by atoms with Gasteiger partial charge in [-0.05, 0) is 31.0 Å². The molecule has 0 unspecified atom stereocenters. The third kappa shape index (κ3) is 11.1. The van der Waals surface area contributed by atoms with E-state index in [0.29, 0.717) is 30.3 Å². The zero-order chi connectivity index (χ0) is 26.2. The summed E-state index contributed by atoms with van der Waals surface area (Å²) in [5.41, 5.74) is 0.326. The highest BCUT2D eigenvalue weighted by atomic mass is 16.5. The smallest absolute Gasteiger partial charge is 0.253 e. The molecule has 9 nitrogen and oxygen atoms in total. The van der Waals surface area contributed by atoms with E-state index in [0.717, 1.165) is 51.4 Å². The summed E-state index contributed by atoms with van der Waals surface area (Å²) >= 11 is 0. The summed E-state index contributed by atoms with van der Waals surface area (Å²) in [5.74, 6) is 0.643. The van der Waals surface area contributed by atoms with Gasteiger partial charge < -0.3 is 39.9 Å². The number of nitrogens with zero attached hydrogens (tertiary/aromatic N) is 1. The highest BCUT2D eigenvalue weighted by Gasteiger charge is 2.31. The minimum Gasteiger partial charge on any atom is -0.490 e. The highest BCUT2D eigenvalue weighted by Crippen LogP contribution is 2.30. The van der Waals surface area contributed by atoms with Gasteiger partial charge >= 0.3 is 0 Å². The Morgan fingerprint density at radius 3 is 1.91 bits per heavy atom. The molecule has 0 aromatic heterocycles. The lowest BCUT2D eigenvalue weighted by atomic mass is 10.0. The molecule has 1 aromatic rings. The number of carbonyl (C=O) groups excluding carboxylic acids is 1. The molecule has 9 heteroatoms. The molecule has 0 saturated carbocycles. The lowest BCUT2D eigenvalue weighted by Crippen LogP contribution is -2.49. The lowest BCUT2D eigenvalue weighted by molar-refractivity contribution is -0.117. The molecule has 1 rings (SSSR count). The quantitative estimate of drug-likeness (QED) is 0.182. The molecule has 5 N–H and O–H groups in total. The van der Waals surface area contributed by atoms with Gasteiger partial charge in [0.05, 0.1) is 19.8 Å². The molecule has 0 aliphatic carbocycles. The van der Waals surface area contributed by atoms with Crippen molar-refractivity contribution < 1.29 is 39.8 Å². The van der Waals surface area contributed by atoms with E-state index in [2.05, 4.69) is 13.8 Å². The van der Waals surface area contributed by atoms with E-state index in [1.54, 1.807) is 18.2 Å². The van der Waals surface area contributed by atoms with Crippen molar-refractivity contribution in [2.24, 2.45) is 0 Å². The monoisotopic (exact) mass is 499 g/mol. The van der Waals surface area contributed by atoms with Crippen LogP contribution in [0.4, 0.5) is 0 Å². The standard InChI is InChI=1S/C26H45NO8/c1-4-6-8-10-14-34-22-13-12-19(16-23(22)35-15-11-9-7-5-2)26(33)27(3)17-20(29)24(31)25(32)21(30)18-28/h12-13,16,20-21,24-25,28-32H,4-11,14-15,17-18H2,1-3H3/t20-,21+,24+,25+/m0/s1. The first kappa shape index (κ1) is 31.1. The Kier molecular flexibility index (Phi) is 15.6. The topological polar surface area (TPSA) is 140 Å². The molecule has 202 valence electrons. The molecule has 1 amide bonds. The minimum atomic E-state index is -1.75. The van der Waals surface area contributed by atoms with Gasteiger partial charge in [0.15, 0.2) is 11.5 Å². The van der Waals surface area contributed by atoms with Gasteiger partial charge in [-0.25, -0.2) is 0 Å². The molecule has 0 aliphatic heterocycles. The molecule has 0 radical (unpaired) electrons. The Morgan fingerprint density at radius 2 is 1.37 bits per heavy atom. The second kappa shape index (κ2) is 17.5. The number of carbonyl (C=O) groups is 1. The summed E-state index contributed by atoms with van der Waals surface area (Å²) in [6, 6.07) is 4.94. The summed E-state index contributed by atoms with van der Waals surface area (Å²) in [4.78, 5) is 14.2. The van der Waals surface area contributed by atoms with Crippen LogP contribution >= 0.6 is 0 Å². The van der Waals surface area contributed by atoms with Gasteiger partial charge in [0.1, 0.15) is 24.4 Å². The number of hydrogen-bond donors (Lipinski definition) is 5. The SMILES string of the molecule is CCCCCCOc1ccc(C(=O)N(C)C[C@H](O)[C@@H](O)[C@H](O)[C@H](O)CO)cc1OCCCCCC. The van der Waals surface area contributed by atoms with Gasteiger partial charge in [-0.15, -0.1) is 0 Å². The predicted octanol–water partition coefficient (Wildman–Crippen LogP) is 2.11. The van der Waals surface area contributed by atoms with E-state index < -0.39 is 36.9 Å². The number of ether oxygens (including phenoxy) is 2. The van der Waals surface area contributed by atoms with Gasteiger partial charge in [-0.2, -0.15) is 0 Å². The summed E-state index contributed by atoms with van der Waals surface area (Å²) < 4.78 is 11.9. The molecule has 0 aliphatic rings. The van der Waals surface area contributed by atoms with E-state index in [-0.39, 0.29) is 6.54 Å². The van der Waals surface area contributed by atoms with Crippen LogP contribution in [0.1, 0.15) is 75.6 Å².